The Morgan fingerprint density at radius 3 is 2.33 bits per heavy atom. The quantitative estimate of drug-likeness (QED) is 0.874. The molecule has 1 aromatic heterocycles. The molecule has 0 amide bonds. The van der Waals surface area contributed by atoms with E-state index < -0.39 is 5.60 Å². The first-order chi connectivity index (χ1) is 8.19. The van der Waals surface area contributed by atoms with Crippen LogP contribution in [0.5, 0.6) is 0 Å². The van der Waals surface area contributed by atoms with Crippen molar-refractivity contribution >= 4 is 0 Å². The summed E-state index contributed by atoms with van der Waals surface area (Å²) in [6.45, 7) is 10.8. The molecule has 0 aliphatic rings. The fourth-order valence-electron chi connectivity index (χ4n) is 1.75. The van der Waals surface area contributed by atoms with E-state index in [1.807, 2.05) is 13.8 Å². The third-order valence-electron chi connectivity index (χ3n) is 2.98. The highest BCUT2D eigenvalue weighted by Crippen LogP contribution is 2.31. The second-order valence-corrected chi connectivity index (χ2v) is 6.37. The van der Waals surface area contributed by atoms with Gasteiger partial charge in [0.15, 0.2) is 0 Å². The predicted octanol–water partition coefficient (Wildman–Crippen LogP) is 2.43. The van der Waals surface area contributed by atoms with Crippen LogP contribution in [0.3, 0.4) is 0 Å². The van der Waals surface area contributed by atoms with Gasteiger partial charge in [0.1, 0.15) is 5.60 Å². The van der Waals surface area contributed by atoms with Gasteiger partial charge in [-0.05, 0) is 25.7 Å². The maximum atomic E-state index is 5.80. The van der Waals surface area contributed by atoms with E-state index in [0.29, 0.717) is 18.3 Å². The van der Waals surface area contributed by atoms with Gasteiger partial charge in [0.2, 0.25) is 11.7 Å². The van der Waals surface area contributed by atoms with Gasteiger partial charge in [0.25, 0.3) is 0 Å². The Hall–Kier alpha value is -0.940. The highest BCUT2D eigenvalue weighted by Gasteiger charge is 2.29. The van der Waals surface area contributed by atoms with E-state index in [0.717, 1.165) is 6.42 Å². The van der Waals surface area contributed by atoms with Crippen molar-refractivity contribution in [3.05, 3.63) is 11.7 Å². The van der Waals surface area contributed by atoms with Crippen LogP contribution in [0.25, 0.3) is 0 Å². The van der Waals surface area contributed by atoms with Crippen LogP contribution < -0.4 is 5.73 Å². The van der Waals surface area contributed by atoms with Gasteiger partial charge in [-0.2, -0.15) is 4.98 Å². The fourth-order valence-corrected chi connectivity index (χ4v) is 1.75. The Morgan fingerprint density at radius 2 is 1.89 bits per heavy atom. The van der Waals surface area contributed by atoms with E-state index in [9.17, 15) is 0 Å². The molecule has 1 aromatic rings. The molecule has 0 bridgehead atoms. The zero-order chi connectivity index (χ0) is 14.0. The fraction of sp³-hybridized carbons (Fsp3) is 0.846. The summed E-state index contributed by atoms with van der Waals surface area (Å²) in [6.07, 6.45) is 0.915. The lowest BCUT2D eigenvalue weighted by Gasteiger charge is -2.22. The van der Waals surface area contributed by atoms with Crippen molar-refractivity contribution in [3.8, 4) is 0 Å². The molecule has 0 saturated carbocycles. The number of hydrogen-bond acceptors (Lipinski definition) is 5. The minimum Gasteiger partial charge on any atom is -0.371 e. The van der Waals surface area contributed by atoms with Crippen molar-refractivity contribution in [2.24, 2.45) is 11.1 Å². The summed E-state index contributed by atoms with van der Waals surface area (Å²) in [6, 6.07) is 0. The van der Waals surface area contributed by atoms with Crippen LogP contribution in [0.1, 0.15) is 58.7 Å². The topological polar surface area (TPSA) is 74.2 Å². The number of nitrogens with zero attached hydrogens (tertiary/aromatic N) is 2. The molecule has 18 heavy (non-hydrogen) atoms. The molecule has 0 saturated heterocycles. The monoisotopic (exact) mass is 255 g/mol. The number of nitrogens with two attached hydrogens (primary N) is 1. The van der Waals surface area contributed by atoms with Crippen molar-refractivity contribution in [1.29, 1.82) is 0 Å². The van der Waals surface area contributed by atoms with Gasteiger partial charge in [-0.3, -0.25) is 0 Å². The van der Waals surface area contributed by atoms with E-state index >= 15 is 0 Å². The Bertz CT molecular complexity index is 380. The van der Waals surface area contributed by atoms with Crippen molar-refractivity contribution in [2.45, 2.75) is 52.6 Å². The number of aromatic nitrogens is 2. The summed E-state index contributed by atoms with van der Waals surface area (Å²) in [4.78, 5) is 4.43. The van der Waals surface area contributed by atoms with E-state index in [2.05, 4.69) is 30.9 Å². The minimum absolute atomic E-state index is 0.0962. The summed E-state index contributed by atoms with van der Waals surface area (Å²) in [5.74, 6) is 1.26. The number of methoxy groups -OCH3 is 1. The zero-order valence-electron chi connectivity index (χ0n) is 12.3. The van der Waals surface area contributed by atoms with Crippen LogP contribution in [0.2, 0.25) is 0 Å². The van der Waals surface area contributed by atoms with Gasteiger partial charge in [0, 0.05) is 13.7 Å². The normalized spacial score (nSPS) is 14.8. The predicted molar refractivity (Wildman–Crippen MR) is 70.2 cm³/mol. The Morgan fingerprint density at radius 1 is 1.28 bits per heavy atom. The first-order valence-electron chi connectivity index (χ1n) is 6.29. The molecule has 5 nitrogen and oxygen atoms in total. The molecule has 0 aliphatic carbocycles. The van der Waals surface area contributed by atoms with Gasteiger partial charge in [0.05, 0.1) is 5.92 Å². The summed E-state index contributed by atoms with van der Waals surface area (Å²) in [7, 11) is 1.63. The maximum Gasteiger partial charge on any atom is 0.231 e. The van der Waals surface area contributed by atoms with E-state index in [1.54, 1.807) is 7.11 Å². The molecule has 0 radical (unpaired) electrons. The van der Waals surface area contributed by atoms with Crippen LogP contribution in [-0.4, -0.2) is 23.8 Å². The highest BCUT2D eigenvalue weighted by atomic mass is 16.5. The summed E-state index contributed by atoms with van der Waals surface area (Å²) >= 11 is 0. The molecule has 0 aromatic carbocycles. The van der Waals surface area contributed by atoms with Crippen molar-refractivity contribution in [3.63, 3.8) is 0 Å². The molecule has 5 heteroatoms. The average molecular weight is 255 g/mol. The molecule has 1 atom stereocenters. The molecule has 0 aliphatic heterocycles. The van der Waals surface area contributed by atoms with Gasteiger partial charge in [-0.25, -0.2) is 0 Å². The standard InChI is InChI=1S/C13H25N3O2/c1-12(2,3)7-9(8-14)10-15-11(16-18-10)13(4,5)17-6/h9H,7-8,14H2,1-6H3. The number of hydrogen-bond donors (Lipinski definition) is 1. The molecule has 1 rings (SSSR count). The van der Waals surface area contributed by atoms with Gasteiger partial charge in [-0.15, -0.1) is 0 Å². The maximum absolute atomic E-state index is 5.80. The second-order valence-electron chi connectivity index (χ2n) is 6.37. The molecule has 2 N–H and O–H groups in total. The largest absolute Gasteiger partial charge is 0.371 e. The van der Waals surface area contributed by atoms with Gasteiger partial charge >= 0.3 is 0 Å². The lowest BCUT2D eigenvalue weighted by molar-refractivity contribution is 0.00973. The molecule has 1 unspecified atom stereocenters. The van der Waals surface area contributed by atoms with Crippen molar-refractivity contribution < 1.29 is 9.26 Å². The summed E-state index contributed by atoms with van der Waals surface area (Å²) < 4.78 is 10.7. The molecular formula is C13H25N3O2. The molecule has 0 fully saturated rings. The zero-order valence-corrected chi connectivity index (χ0v) is 12.3. The molecular weight excluding hydrogens is 230 g/mol. The first-order valence-corrected chi connectivity index (χ1v) is 6.29. The van der Waals surface area contributed by atoms with Crippen LogP contribution in [0.4, 0.5) is 0 Å². The van der Waals surface area contributed by atoms with E-state index in [-0.39, 0.29) is 11.3 Å². The third-order valence-corrected chi connectivity index (χ3v) is 2.98. The average Bonchev–Trinajstić information content (AvgIpc) is 2.74. The van der Waals surface area contributed by atoms with Crippen molar-refractivity contribution in [1.82, 2.24) is 10.1 Å². The van der Waals surface area contributed by atoms with Crippen molar-refractivity contribution in [2.75, 3.05) is 13.7 Å². The third kappa shape index (κ3) is 3.78. The Balaban J connectivity index is 2.90. The molecule has 0 spiro atoms. The van der Waals surface area contributed by atoms with E-state index in [1.165, 1.54) is 0 Å². The van der Waals surface area contributed by atoms with Crippen LogP contribution in [-0.2, 0) is 10.3 Å². The van der Waals surface area contributed by atoms with Gasteiger partial charge in [-0.1, -0.05) is 25.9 Å². The lowest BCUT2D eigenvalue weighted by Crippen LogP contribution is -2.22. The van der Waals surface area contributed by atoms with Gasteiger partial charge < -0.3 is 15.0 Å². The minimum atomic E-state index is -0.539. The number of rotatable bonds is 5. The van der Waals surface area contributed by atoms with E-state index in [4.69, 9.17) is 15.0 Å². The summed E-state index contributed by atoms with van der Waals surface area (Å²) in [5, 5.41) is 3.99. The lowest BCUT2D eigenvalue weighted by atomic mass is 9.84. The Kier molecular flexibility index (Phi) is 4.50. The van der Waals surface area contributed by atoms with Crippen LogP contribution >= 0.6 is 0 Å². The summed E-state index contributed by atoms with van der Waals surface area (Å²) in [5.41, 5.74) is 5.44. The Labute approximate surface area is 109 Å². The SMILES string of the molecule is COC(C)(C)c1noc(C(CN)CC(C)(C)C)n1. The highest BCUT2D eigenvalue weighted by molar-refractivity contribution is 5.01. The van der Waals surface area contributed by atoms with Crippen LogP contribution in [0.15, 0.2) is 4.52 Å². The second kappa shape index (κ2) is 5.36. The smallest absolute Gasteiger partial charge is 0.231 e. The first kappa shape index (κ1) is 15.1. The molecule has 104 valence electrons. The number of ether oxygens (including phenoxy) is 1. The van der Waals surface area contributed by atoms with Crippen LogP contribution in [0, 0.1) is 5.41 Å². The molecule has 1 heterocycles.